The molecule has 0 unspecified atom stereocenters. The van der Waals surface area contributed by atoms with Crippen LogP contribution in [-0.2, 0) is 9.59 Å². The number of nitrogens with one attached hydrogen (secondary N) is 3. The highest BCUT2D eigenvalue weighted by atomic mass is 16.2. The van der Waals surface area contributed by atoms with E-state index in [1.807, 2.05) is 20.2 Å². The Hall–Kier alpha value is -1.88. The lowest BCUT2D eigenvalue weighted by molar-refractivity contribution is -0.856. The van der Waals surface area contributed by atoms with E-state index in [1.165, 1.54) is 4.90 Å². The van der Waals surface area contributed by atoms with Gasteiger partial charge in [-0.15, -0.1) is 0 Å². The van der Waals surface area contributed by atoms with Gasteiger partial charge in [0, 0.05) is 5.69 Å². The minimum absolute atomic E-state index is 0.489. The van der Waals surface area contributed by atoms with Crippen LogP contribution in [0.4, 0.5) is 5.69 Å². The number of carbonyl (C=O) groups is 2. The van der Waals surface area contributed by atoms with Crippen molar-refractivity contribution in [3.8, 4) is 0 Å². The second-order valence-corrected chi connectivity index (χ2v) is 4.03. The monoisotopic (exact) mass is 236 g/mol. The molecule has 5 nitrogen and oxygen atoms in total. The number of rotatable bonds is 4. The molecule has 0 radical (unpaired) electrons. The van der Waals surface area contributed by atoms with Crippen LogP contribution in [0.3, 0.4) is 0 Å². The lowest BCUT2D eigenvalue weighted by atomic mass is 10.3. The number of benzene rings is 1. The first-order valence-electron chi connectivity index (χ1n) is 5.53. The zero-order valence-corrected chi connectivity index (χ0v) is 10.1. The van der Waals surface area contributed by atoms with Crippen LogP contribution in [-0.4, -0.2) is 39.0 Å². The van der Waals surface area contributed by atoms with Crippen molar-refractivity contribution in [2.24, 2.45) is 0 Å². The Balaban J connectivity index is 2.35. The van der Waals surface area contributed by atoms with Crippen molar-refractivity contribution in [1.82, 2.24) is 5.32 Å². The number of quaternary nitrogens is 1. The molecule has 0 aliphatic heterocycles. The van der Waals surface area contributed by atoms with Crippen molar-refractivity contribution in [1.29, 1.82) is 0 Å². The Labute approximate surface area is 101 Å². The predicted molar refractivity (Wildman–Crippen MR) is 65.8 cm³/mol. The number of carbonyl (C=O) groups excluding carboxylic acids is 2. The van der Waals surface area contributed by atoms with Gasteiger partial charge in [0.05, 0.1) is 27.2 Å². The van der Waals surface area contributed by atoms with Gasteiger partial charge in [-0.1, -0.05) is 18.2 Å². The van der Waals surface area contributed by atoms with Gasteiger partial charge in [-0.3, -0.25) is 9.59 Å². The fourth-order valence-electron chi connectivity index (χ4n) is 1.22. The molecule has 0 bridgehead atoms. The summed E-state index contributed by atoms with van der Waals surface area (Å²) in [4.78, 5) is 24.1. The van der Waals surface area contributed by atoms with Gasteiger partial charge < -0.3 is 15.5 Å². The summed E-state index contributed by atoms with van der Waals surface area (Å²) in [5, 5.41) is 5.08. The fraction of sp³-hybridized carbons (Fsp3) is 0.333. The zero-order valence-electron chi connectivity index (χ0n) is 10.1. The van der Waals surface area contributed by atoms with E-state index in [-0.39, 0.29) is 0 Å². The number of hydrogen-bond acceptors (Lipinski definition) is 2. The highest BCUT2D eigenvalue weighted by Gasteiger charge is 2.12. The summed E-state index contributed by atoms with van der Waals surface area (Å²) >= 11 is 0. The molecule has 1 aromatic rings. The zero-order chi connectivity index (χ0) is 12.7. The van der Waals surface area contributed by atoms with Crippen LogP contribution in [0.5, 0.6) is 0 Å². The van der Waals surface area contributed by atoms with Gasteiger partial charge in [-0.05, 0) is 12.1 Å². The highest BCUT2D eigenvalue weighted by molar-refractivity contribution is 6.39. The number of amides is 2. The van der Waals surface area contributed by atoms with Gasteiger partial charge in [0.25, 0.3) is 0 Å². The van der Waals surface area contributed by atoms with Gasteiger partial charge in [0.1, 0.15) is 0 Å². The van der Waals surface area contributed by atoms with E-state index >= 15 is 0 Å². The minimum atomic E-state index is -0.634. The van der Waals surface area contributed by atoms with Crippen LogP contribution >= 0.6 is 0 Å². The molecule has 1 aromatic carbocycles. The number of para-hydroxylation sites is 1. The van der Waals surface area contributed by atoms with Crippen LogP contribution in [0.1, 0.15) is 0 Å². The molecule has 0 heterocycles. The van der Waals surface area contributed by atoms with E-state index in [9.17, 15) is 9.59 Å². The first-order chi connectivity index (χ1) is 8.09. The first-order valence-corrected chi connectivity index (χ1v) is 5.53. The number of anilines is 1. The average Bonchev–Trinajstić information content (AvgIpc) is 2.29. The lowest BCUT2D eigenvalue weighted by Gasteiger charge is -2.08. The van der Waals surface area contributed by atoms with Gasteiger partial charge in [-0.25, -0.2) is 0 Å². The second kappa shape index (κ2) is 6.65. The van der Waals surface area contributed by atoms with Crippen molar-refractivity contribution in [3.63, 3.8) is 0 Å². The maximum atomic E-state index is 11.5. The molecule has 0 aromatic heterocycles. The molecule has 0 saturated heterocycles. The van der Waals surface area contributed by atoms with E-state index in [0.29, 0.717) is 12.2 Å². The Bertz CT molecular complexity index is 377. The van der Waals surface area contributed by atoms with Gasteiger partial charge in [0.2, 0.25) is 0 Å². The van der Waals surface area contributed by atoms with E-state index in [4.69, 9.17) is 0 Å². The summed E-state index contributed by atoms with van der Waals surface area (Å²) in [5.41, 5.74) is 0.617. The molecule has 3 N–H and O–H groups in total. The summed E-state index contributed by atoms with van der Waals surface area (Å²) in [6.07, 6.45) is 0. The van der Waals surface area contributed by atoms with Crippen LogP contribution in [0.15, 0.2) is 30.3 Å². The van der Waals surface area contributed by atoms with Crippen LogP contribution in [0, 0.1) is 0 Å². The molecule has 17 heavy (non-hydrogen) atoms. The predicted octanol–water partition coefficient (Wildman–Crippen LogP) is -1.11. The van der Waals surface area contributed by atoms with E-state index in [0.717, 1.165) is 6.54 Å². The third kappa shape index (κ3) is 5.12. The molecule has 2 amide bonds. The molecule has 0 aliphatic rings. The van der Waals surface area contributed by atoms with Gasteiger partial charge >= 0.3 is 11.8 Å². The highest BCUT2D eigenvalue weighted by Crippen LogP contribution is 2.03. The third-order valence-corrected chi connectivity index (χ3v) is 2.15. The summed E-state index contributed by atoms with van der Waals surface area (Å²) in [7, 11) is 3.96. The second-order valence-electron chi connectivity index (χ2n) is 4.03. The fourth-order valence-corrected chi connectivity index (χ4v) is 1.22. The van der Waals surface area contributed by atoms with Crippen LogP contribution < -0.4 is 15.5 Å². The van der Waals surface area contributed by atoms with Gasteiger partial charge in [0.15, 0.2) is 0 Å². The summed E-state index contributed by atoms with van der Waals surface area (Å²) < 4.78 is 0. The van der Waals surface area contributed by atoms with Crippen LogP contribution in [0.25, 0.3) is 0 Å². The van der Waals surface area contributed by atoms with E-state index in [2.05, 4.69) is 10.6 Å². The largest absolute Gasteiger partial charge is 0.342 e. The molecule has 1 rings (SSSR count). The van der Waals surface area contributed by atoms with E-state index in [1.54, 1.807) is 24.3 Å². The third-order valence-electron chi connectivity index (χ3n) is 2.15. The van der Waals surface area contributed by atoms with Crippen molar-refractivity contribution in [2.75, 3.05) is 32.5 Å². The van der Waals surface area contributed by atoms with Crippen molar-refractivity contribution >= 4 is 17.5 Å². The quantitative estimate of drug-likeness (QED) is 0.580. The van der Waals surface area contributed by atoms with Crippen molar-refractivity contribution < 1.29 is 14.5 Å². The summed E-state index contributed by atoms with van der Waals surface area (Å²) in [6, 6.07) is 8.89. The maximum absolute atomic E-state index is 11.5. The Morgan fingerprint density at radius 1 is 1.12 bits per heavy atom. The van der Waals surface area contributed by atoms with E-state index < -0.39 is 11.8 Å². The average molecular weight is 236 g/mol. The first kappa shape index (κ1) is 13.2. The number of hydrogen-bond donors (Lipinski definition) is 3. The Morgan fingerprint density at radius 2 is 1.76 bits per heavy atom. The molecular formula is C12H18N3O2+. The summed E-state index contributed by atoms with van der Waals surface area (Å²) in [5.74, 6) is -1.24. The van der Waals surface area contributed by atoms with Crippen LogP contribution in [0.2, 0.25) is 0 Å². The van der Waals surface area contributed by atoms with Gasteiger partial charge in [-0.2, -0.15) is 0 Å². The van der Waals surface area contributed by atoms with Crippen molar-refractivity contribution in [3.05, 3.63) is 30.3 Å². The Morgan fingerprint density at radius 3 is 2.35 bits per heavy atom. The standard InChI is InChI=1S/C12H17N3O2/c1-15(2)9-8-13-11(16)12(17)14-10-6-4-3-5-7-10/h3-7H,8-9H2,1-2H3,(H,13,16)(H,14,17)/p+1. The van der Waals surface area contributed by atoms with Crippen molar-refractivity contribution in [2.45, 2.75) is 0 Å². The molecule has 92 valence electrons. The molecule has 0 spiro atoms. The Kier molecular flexibility index (Phi) is 5.16. The SMILES string of the molecule is C[NH+](C)CCNC(=O)C(=O)Nc1ccccc1. The molecule has 5 heteroatoms. The minimum Gasteiger partial charge on any atom is -0.342 e. The lowest BCUT2D eigenvalue weighted by Crippen LogP contribution is -3.06. The summed E-state index contributed by atoms with van der Waals surface area (Å²) in [6.45, 7) is 1.27. The number of likely N-dealkylation sites (N-methyl/N-ethyl adjacent to an activating group) is 1. The molecular weight excluding hydrogens is 218 g/mol. The molecule has 0 saturated carbocycles. The maximum Gasteiger partial charge on any atom is 0.313 e. The molecule has 0 aliphatic carbocycles. The topological polar surface area (TPSA) is 62.6 Å². The smallest absolute Gasteiger partial charge is 0.313 e. The molecule has 0 fully saturated rings. The normalized spacial score (nSPS) is 10.1. The molecule has 0 atom stereocenters.